The highest BCUT2D eigenvalue weighted by Gasteiger charge is 2.04. The summed E-state index contributed by atoms with van der Waals surface area (Å²) in [4.78, 5) is 0. The molecule has 0 saturated heterocycles. The summed E-state index contributed by atoms with van der Waals surface area (Å²) in [5.41, 5.74) is 0.828. The average molecular weight is 216 g/mol. The predicted molar refractivity (Wildman–Crippen MR) is 56.4 cm³/mol. The van der Waals surface area contributed by atoms with Crippen LogP contribution in [0.4, 0.5) is 4.39 Å². The third kappa shape index (κ3) is 3.18. The largest absolute Gasteiger partial charge is 0.492 e. The highest BCUT2D eigenvalue weighted by molar-refractivity contribution is 6.17. The van der Waals surface area contributed by atoms with E-state index in [1.165, 1.54) is 12.1 Å². The van der Waals surface area contributed by atoms with Gasteiger partial charge in [-0.3, -0.25) is 0 Å². The van der Waals surface area contributed by atoms with Gasteiger partial charge in [-0.2, -0.15) is 0 Å². The van der Waals surface area contributed by atoms with Crippen LogP contribution in [0.5, 0.6) is 5.75 Å². The van der Waals surface area contributed by atoms with Crippen LogP contribution in [-0.2, 0) is 0 Å². The molecule has 0 bridgehead atoms. The van der Waals surface area contributed by atoms with E-state index in [2.05, 4.69) is 6.92 Å². The smallest absolute Gasteiger partial charge is 0.127 e. The molecule has 1 aromatic carbocycles. The second-order valence-corrected chi connectivity index (χ2v) is 3.54. The summed E-state index contributed by atoms with van der Waals surface area (Å²) in [6.07, 6.45) is 0. The van der Waals surface area contributed by atoms with E-state index in [9.17, 15) is 4.39 Å². The van der Waals surface area contributed by atoms with Gasteiger partial charge in [-0.05, 0) is 30.5 Å². The Morgan fingerprint density at radius 2 is 2.21 bits per heavy atom. The molecule has 0 aliphatic heterocycles. The first kappa shape index (κ1) is 11.3. The molecule has 0 spiro atoms. The normalized spacial score (nSPS) is 10.6. The molecule has 0 amide bonds. The summed E-state index contributed by atoms with van der Waals surface area (Å²) >= 11 is 5.46. The van der Waals surface area contributed by atoms with Crippen molar-refractivity contribution in [3.05, 3.63) is 36.5 Å². The lowest BCUT2D eigenvalue weighted by molar-refractivity contribution is 0.340. The Hall–Kier alpha value is -0.760. The van der Waals surface area contributed by atoms with Gasteiger partial charge in [0.25, 0.3) is 0 Å². The van der Waals surface area contributed by atoms with E-state index in [4.69, 9.17) is 16.3 Å². The van der Waals surface area contributed by atoms with Gasteiger partial charge >= 0.3 is 0 Å². The molecule has 0 aliphatic carbocycles. The second kappa shape index (κ2) is 5.20. The van der Waals surface area contributed by atoms with Crippen molar-refractivity contribution in [3.63, 3.8) is 0 Å². The molecule has 3 heteroatoms. The Kier molecular flexibility index (Phi) is 4.21. The van der Waals surface area contributed by atoms with Crippen molar-refractivity contribution >= 4 is 11.6 Å². The summed E-state index contributed by atoms with van der Waals surface area (Å²) in [6.45, 7) is 6.11. The Morgan fingerprint density at radius 3 is 2.79 bits per heavy atom. The molecule has 0 aliphatic rings. The second-order valence-electron chi connectivity index (χ2n) is 3.16. The maximum atomic E-state index is 13.1. The van der Waals surface area contributed by atoms with Crippen molar-refractivity contribution in [2.24, 2.45) is 0 Å². The van der Waals surface area contributed by atoms with E-state index in [0.29, 0.717) is 18.2 Å². The fourth-order valence-electron chi connectivity index (χ4n) is 1.11. The molecule has 1 nitrogen and oxygen atoms in total. The molecule has 0 aromatic heterocycles. The molecule has 1 unspecified atom stereocenters. The third-order valence-corrected chi connectivity index (χ3v) is 1.96. The maximum absolute atomic E-state index is 13.1. The Morgan fingerprint density at radius 1 is 1.50 bits per heavy atom. The number of alkyl halides is 1. The summed E-state index contributed by atoms with van der Waals surface area (Å²) in [7, 11) is 0. The fraction of sp³-hybridized carbons (Fsp3) is 0.364. The molecule has 77 valence electrons. The molecule has 1 aromatic rings. The van der Waals surface area contributed by atoms with Gasteiger partial charge in [-0.25, -0.2) is 4.39 Å². The molecule has 0 saturated carbocycles. The third-order valence-electron chi connectivity index (χ3n) is 1.81. The topological polar surface area (TPSA) is 9.23 Å². The molecule has 0 fully saturated rings. The van der Waals surface area contributed by atoms with E-state index in [1.54, 1.807) is 6.07 Å². The van der Waals surface area contributed by atoms with Crippen LogP contribution in [0.25, 0.3) is 0 Å². The van der Waals surface area contributed by atoms with Gasteiger partial charge in [0, 0.05) is 6.07 Å². The van der Waals surface area contributed by atoms with Gasteiger partial charge in [-0.1, -0.05) is 6.92 Å². The average Bonchev–Trinajstić information content (AvgIpc) is 2.14. The minimum atomic E-state index is -0.303. The van der Waals surface area contributed by atoms with Gasteiger partial charge in [0.15, 0.2) is 0 Å². The summed E-state index contributed by atoms with van der Waals surface area (Å²) in [6, 6.07) is 4.59. The first-order chi connectivity index (χ1) is 6.63. The molecule has 1 atom stereocenters. The van der Waals surface area contributed by atoms with E-state index < -0.39 is 0 Å². The van der Waals surface area contributed by atoms with Gasteiger partial charge in [0.05, 0.1) is 5.88 Å². The van der Waals surface area contributed by atoms with E-state index >= 15 is 0 Å². The van der Waals surface area contributed by atoms with Gasteiger partial charge in [-0.15, -0.1) is 11.6 Å². The minimum Gasteiger partial charge on any atom is -0.492 e. The van der Waals surface area contributed by atoms with Crippen molar-refractivity contribution in [1.29, 1.82) is 0 Å². The van der Waals surface area contributed by atoms with Crippen molar-refractivity contribution in [1.82, 2.24) is 0 Å². The predicted octanol–water partition coefficient (Wildman–Crippen LogP) is 3.38. The molecular formula is C11H13ClFO. The number of hydrogen-bond donors (Lipinski definition) is 0. The van der Waals surface area contributed by atoms with Crippen molar-refractivity contribution < 1.29 is 9.13 Å². The summed E-state index contributed by atoms with van der Waals surface area (Å²) in [5, 5.41) is 0. The molecule has 0 heterocycles. The zero-order valence-corrected chi connectivity index (χ0v) is 8.85. The Balaban J connectivity index is 2.84. The van der Waals surface area contributed by atoms with Crippen LogP contribution in [0.3, 0.4) is 0 Å². The quantitative estimate of drug-likeness (QED) is 0.700. The molecule has 0 N–H and O–H groups in total. The van der Waals surface area contributed by atoms with Crippen LogP contribution in [-0.4, -0.2) is 12.5 Å². The van der Waals surface area contributed by atoms with Crippen LogP contribution in [0, 0.1) is 12.7 Å². The van der Waals surface area contributed by atoms with Crippen LogP contribution >= 0.6 is 11.6 Å². The van der Waals surface area contributed by atoms with Crippen molar-refractivity contribution in [2.75, 3.05) is 12.5 Å². The zero-order chi connectivity index (χ0) is 10.6. The maximum Gasteiger partial charge on any atom is 0.127 e. The molecule has 1 rings (SSSR count). The van der Waals surface area contributed by atoms with Crippen LogP contribution in [0.2, 0.25) is 0 Å². The number of benzene rings is 1. The van der Waals surface area contributed by atoms with Crippen LogP contribution in [0.15, 0.2) is 18.2 Å². The van der Waals surface area contributed by atoms with Gasteiger partial charge < -0.3 is 4.74 Å². The zero-order valence-electron chi connectivity index (χ0n) is 8.09. The van der Waals surface area contributed by atoms with Gasteiger partial charge in [0.1, 0.15) is 18.2 Å². The highest BCUT2D eigenvalue weighted by Crippen LogP contribution is 2.22. The number of ether oxygens (including phenoxy) is 1. The SMILES string of the molecule is [CH2]C(C)c1cc(F)cc(OCCCl)c1. The van der Waals surface area contributed by atoms with E-state index in [1.807, 2.05) is 6.92 Å². The minimum absolute atomic E-state index is 0.0454. The first-order valence-corrected chi connectivity index (χ1v) is 4.99. The lowest BCUT2D eigenvalue weighted by Gasteiger charge is -2.09. The standard InChI is InChI=1S/C11H13ClFO/c1-8(2)9-5-10(13)7-11(6-9)14-4-3-12/h5-8H,1,3-4H2,2H3. The molecule has 1 radical (unpaired) electrons. The highest BCUT2D eigenvalue weighted by atomic mass is 35.5. The summed E-state index contributed by atoms with van der Waals surface area (Å²) < 4.78 is 18.3. The fourth-order valence-corrected chi connectivity index (χ4v) is 1.19. The molecule has 14 heavy (non-hydrogen) atoms. The number of rotatable bonds is 4. The Labute approximate surface area is 88.8 Å². The summed E-state index contributed by atoms with van der Waals surface area (Å²) in [5.74, 6) is 0.647. The van der Waals surface area contributed by atoms with Crippen LogP contribution in [0.1, 0.15) is 18.4 Å². The monoisotopic (exact) mass is 215 g/mol. The number of hydrogen-bond acceptors (Lipinski definition) is 1. The molecular weight excluding hydrogens is 203 g/mol. The van der Waals surface area contributed by atoms with Crippen molar-refractivity contribution in [3.8, 4) is 5.75 Å². The van der Waals surface area contributed by atoms with Crippen molar-refractivity contribution in [2.45, 2.75) is 12.8 Å². The first-order valence-electron chi connectivity index (χ1n) is 4.46. The van der Waals surface area contributed by atoms with Gasteiger partial charge in [0.2, 0.25) is 0 Å². The van der Waals surface area contributed by atoms with E-state index in [0.717, 1.165) is 5.56 Å². The lowest BCUT2D eigenvalue weighted by Crippen LogP contribution is -1.99. The number of halogens is 2. The van der Waals surface area contributed by atoms with E-state index in [-0.39, 0.29) is 11.7 Å². The van der Waals surface area contributed by atoms with Crippen LogP contribution < -0.4 is 4.74 Å². The Bertz CT molecular complexity index is 299. The lowest BCUT2D eigenvalue weighted by atomic mass is 10.0.